The molecule has 0 atom stereocenters. The lowest BCUT2D eigenvalue weighted by Gasteiger charge is -2.28. The van der Waals surface area contributed by atoms with Crippen LogP contribution in [-0.4, -0.2) is 28.0 Å². The molecule has 0 spiro atoms. The predicted octanol–water partition coefficient (Wildman–Crippen LogP) is 1.41. The first-order chi connectivity index (χ1) is 9.19. The zero-order valence-corrected chi connectivity index (χ0v) is 12.2. The van der Waals surface area contributed by atoms with Gasteiger partial charge >= 0.3 is 11.1 Å². The van der Waals surface area contributed by atoms with Gasteiger partial charge in [-0.05, 0) is 36.6 Å². The van der Waals surface area contributed by atoms with Crippen LogP contribution < -0.4 is 11.1 Å². The minimum Gasteiger partial charge on any atom is -0.316 e. The average molecular weight is 296 g/mol. The zero-order valence-electron chi connectivity index (χ0n) is 11.4. The number of rotatable bonds is 2. The maximum atomic E-state index is 11.5. The summed E-state index contributed by atoms with van der Waals surface area (Å²) in [6.07, 6.45) is 2.06. The van der Waals surface area contributed by atoms with E-state index in [2.05, 4.69) is 21.8 Å². The topological polar surface area (TPSA) is 69.0 Å². The van der Waals surface area contributed by atoms with Crippen LogP contribution in [0.15, 0.2) is 21.7 Å². The molecule has 1 aromatic carbocycles. The highest BCUT2D eigenvalue weighted by Crippen LogP contribution is 2.24. The first-order valence-electron chi connectivity index (χ1n) is 6.68. The van der Waals surface area contributed by atoms with Crippen molar-refractivity contribution >= 4 is 23.4 Å². The maximum absolute atomic E-state index is 11.5. The van der Waals surface area contributed by atoms with E-state index in [1.54, 1.807) is 0 Å². The van der Waals surface area contributed by atoms with E-state index < -0.39 is 11.1 Å². The molecule has 0 bridgehead atoms. The number of nitrogens with one attached hydrogen (secondary N) is 2. The van der Waals surface area contributed by atoms with Gasteiger partial charge in [0.1, 0.15) is 0 Å². The van der Waals surface area contributed by atoms with Gasteiger partial charge in [0.25, 0.3) is 0 Å². The van der Waals surface area contributed by atoms with Gasteiger partial charge in [-0.25, -0.2) is 0 Å². The largest absolute Gasteiger partial charge is 0.316 e. The third kappa shape index (κ3) is 2.51. The van der Waals surface area contributed by atoms with Gasteiger partial charge in [0, 0.05) is 13.1 Å². The van der Waals surface area contributed by atoms with E-state index in [0.717, 1.165) is 38.0 Å². The summed E-state index contributed by atoms with van der Waals surface area (Å²) in [6, 6.07) is 3.93. The number of fused-ring (bicyclic) bond motifs is 3. The molecule has 1 aliphatic heterocycles. The molecule has 0 saturated carbocycles. The molecule has 3 rings (SSSR count). The van der Waals surface area contributed by atoms with Crippen molar-refractivity contribution in [2.24, 2.45) is 0 Å². The minimum atomic E-state index is -0.587. The van der Waals surface area contributed by atoms with Crippen LogP contribution in [0, 0.1) is 0 Å². The molecular formula is C14H18ClN3O2. The highest BCUT2D eigenvalue weighted by atomic mass is 35.5. The molecule has 0 unspecified atom stereocenters. The summed E-state index contributed by atoms with van der Waals surface area (Å²) in [5.74, 6) is 0. The second-order valence-corrected chi connectivity index (χ2v) is 5.06. The summed E-state index contributed by atoms with van der Waals surface area (Å²) in [5, 5.41) is 0. The van der Waals surface area contributed by atoms with Gasteiger partial charge in [-0.15, -0.1) is 12.4 Å². The maximum Gasteiger partial charge on any atom is 0.314 e. The molecule has 0 radical (unpaired) electrons. The highest BCUT2D eigenvalue weighted by Gasteiger charge is 2.18. The Bertz CT molecular complexity index is 735. The van der Waals surface area contributed by atoms with Crippen LogP contribution in [0.2, 0.25) is 0 Å². The Hall–Kier alpha value is -1.59. The number of H-pyrrole nitrogens is 2. The Morgan fingerprint density at radius 3 is 2.70 bits per heavy atom. The summed E-state index contributed by atoms with van der Waals surface area (Å²) < 4.78 is 0. The Morgan fingerprint density at radius 2 is 1.95 bits per heavy atom. The van der Waals surface area contributed by atoms with Crippen molar-refractivity contribution in [1.82, 2.24) is 14.9 Å². The quantitative estimate of drug-likeness (QED) is 0.823. The molecule has 2 N–H and O–H groups in total. The lowest BCUT2D eigenvalue weighted by molar-refractivity contribution is 0.255. The third-order valence-corrected chi connectivity index (χ3v) is 3.71. The predicted molar refractivity (Wildman–Crippen MR) is 81.7 cm³/mol. The summed E-state index contributed by atoms with van der Waals surface area (Å²) in [4.78, 5) is 30.6. The van der Waals surface area contributed by atoms with Crippen LogP contribution in [0.5, 0.6) is 0 Å². The minimum absolute atomic E-state index is 0. The second kappa shape index (κ2) is 5.81. The van der Waals surface area contributed by atoms with E-state index in [9.17, 15) is 9.59 Å². The molecule has 6 heteroatoms. The Morgan fingerprint density at radius 1 is 1.20 bits per heavy atom. The molecule has 20 heavy (non-hydrogen) atoms. The van der Waals surface area contributed by atoms with Gasteiger partial charge in [-0.3, -0.25) is 14.5 Å². The zero-order chi connectivity index (χ0) is 13.4. The van der Waals surface area contributed by atoms with Crippen molar-refractivity contribution in [3.8, 4) is 0 Å². The van der Waals surface area contributed by atoms with Crippen molar-refractivity contribution in [2.75, 3.05) is 13.1 Å². The third-order valence-electron chi connectivity index (χ3n) is 3.71. The lowest BCUT2D eigenvalue weighted by atomic mass is 9.98. The van der Waals surface area contributed by atoms with Gasteiger partial charge < -0.3 is 9.97 Å². The highest BCUT2D eigenvalue weighted by molar-refractivity contribution is 5.85. The van der Waals surface area contributed by atoms with Gasteiger partial charge in [-0.1, -0.05) is 13.0 Å². The average Bonchev–Trinajstić information content (AvgIpc) is 2.40. The van der Waals surface area contributed by atoms with Gasteiger partial charge in [0.05, 0.1) is 11.0 Å². The van der Waals surface area contributed by atoms with Crippen LogP contribution in [0.1, 0.15) is 24.5 Å². The Labute approximate surface area is 122 Å². The Kier molecular flexibility index (Phi) is 4.30. The number of benzene rings is 1. The number of aromatic amines is 2. The van der Waals surface area contributed by atoms with Crippen molar-refractivity contribution in [1.29, 1.82) is 0 Å². The lowest BCUT2D eigenvalue weighted by Crippen LogP contribution is -2.33. The molecule has 1 aromatic heterocycles. The van der Waals surface area contributed by atoms with Crippen LogP contribution in [0.4, 0.5) is 0 Å². The molecule has 5 nitrogen and oxygen atoms in total. The summed E-state index contributed by atoms with van der Waals surface area (Å²) >= 11 is 0. The SMILES string of the molecule is CCCN1CCc2c(ccc3[nH]c(=O)c(=O)[nH]c23)C1.Cl. The molecule has 0 saturated heterocycles. The van der Waals surface area contributed by atoms with Crippen molar-refractivity contribution in [3.63, 3.8) is 0 Å². The van der Waals surface area contributed by atoms with E-state index in [0.29, 0.717) is 5.52 Å². The first kappa shape index (κ1) is 14.8. The van der Waals surface area contributed by atoms with Gasteiger partial charge in [-0.2, -0.15) is 0 Å². The summed E-state index contributed by atoms with van der Waals surface area (Å²) in [7, 11) is 0. The Balaban J connectivity index is 0.00000147. The van der Waals surface area contributed by atoms with Crippen molar-refractivity contribution < 1.29 is 0 Å². The van der Waals surface area contributed by atoms with E-state index in [-0.39, 0.29) is 12.4 Å². The summed E-state index contributed by atoms with van der Waals surface area (Å²) in [5.41, 5.74) is 2.76. The molecule has 0 aliphatic carbocycles. The van der Waals surface area contributed by atoms with E-state index in [1.807, 2.05) is 12.1 Å². The number of nitrogens with zero attached hydrogens (tertiary/aromatic N) is 1. The van der Waals surface area contributed by atoms with Gasteiger partial charge in [0.15, 0.2) is 0 Å². The smallest absolute Gasteiger partial charge is 0.314 e. The van der Waals surface area contributed by atoms with Crippen LogP contribution in [0.25, 0.3) is 11.0 Å². The standard InChI is InChI=1S/C14H17N3O2.ClH/c1-2-6-17-7-5-10-9(8-17)3-4-11-12(10)16-14(19)13(18)15-11;/h3-4H,2,5-8H2,1H3,(H,15,18)(H,16,19);1H. The molecule has 108 valence electrons. The molecule has 0 fully saturated rings. The number of hydrogen-bond donors (Lipinski definition) is 2. The van der Waals surface area contributed by atoms with Crippen LogP contribution in [-0.2, 0) is 13.0 Å². The second-order valence-electron chi connectivity index (χ2n) is 5.06. The fraction of sp³-hybridized carbons (Fsp3) is 0.429. The number of aromatic nitrogens is 2. The van der Waals surface area contributed by atoms with Crippen molar-refractivity contribution in [3.05, 3.63) is 44.0 Å². The van der Waals surface area contributed by atoms with Crippen molar-refractivity contribution in [2.45, 2.75) is 26.3 Å². The fourth-order valence-electron chi connectivity index (χ4n) is 2.82. The molecular weight excluding hydrogens is 278 g/mol. The van der Waals surface area contributed by atoms with E-state index in [4.69, 9.17) is 0 Å². The molecule has 2 aromatic rings. The number of halogens is 1. The normalized spacial score (nSPS) is 14.8. The summed E-state index contributed by atoms with van der Waals surface area (Å²) in [6.45, 7) is 5.19. The van der Waals surface area contributed by atoms with E-state index in [1.165, 1.54) is 11.1 Å². The van der Waals surface area contributed by atoms with Gasteiger partial charge in [0.2, 0.25) is 0 Å². The van der Waals surface area contributed by atoms with Crippen LogP contribution in [0.3, 0.4) is 0 Å². The van der Waals surface area contributed by atoms with E-state index >= 15 is 0 Å². The number of hydrogen-bond acceptors (Lipinski definition) is 3. The molecule has 2 heterocycles. The molecule has 0 amide bonds. The first-order valence-corrected chi connectivity index (χ1v) is 6.68. The van der Waals surface area contributed by atoms with Crippen LogP contribution >= 0.6 is 12.4 Å². The fourth-order valence-corrected chi connectivity index (χ4v) is 2.82. The molecule has 1 aliphatic rings. The monoisotopic (exact) mass is 295 g/mol.